The second kappa shape index (κ2) is 6.97. The largest absolute Gasteiger partial charge is 0.486 e. The first-order chi connectivity index (χ1) is 11.6. The molecule has 2 heterocycles. The molecule has 1 aromatic carbocycles. The van der Waals surface area contributed by atoms with Crippen molar-refractivity contribution < 1.29 is 18.7 Å². The Kier molecular flexibility index (Phi) is 4.76. The summed E-state index contributed by atoms with van der Waals surface area (Å²) in [5.74, 6) is 2.02. The first-order valence-electron chi connectivity index (χ1n) is 8.05. The van der Waals surface area contributed by atoms with Crippen molar-refractivity contribution in [2.45, 2.75) is 26.0 Å². The van der Waals surface area contributed by atoms with Crippen molar-refractivity contribution in [3.63, 3.8) is 0 Å². The van der Waals surface area contributed by atoms with Crippen LogP contribution in [0.15, 0.2) is 34.7 Å². The van der Waals surface area contributed by atoms with Gasteiger partial charge in [-0.25, -0.2) is 0 Å². The van der Waals surface area contributed by atoms with Gasteiger partial charge < -0.3 is 19.6 Å². The van der Waals surface area contributed by atoms with Crippen molar-refractivity contribution in [1.82, 2.24) is 4.90 Å². The third-order valence-corrected chi connectivity index (χ3v) is 3.98. The molecule has 6 heteroatoms. The van der Waals surface area contributed by atoms with Crippen molar-refractivity contribution >= 4 is 5.91 Å². The molecule has 24 heavy (non-hydrogen) atoms. The van der Waals surface area contributed by atoms with Gasteiger partial charge in [-0.15, -0.1) is 0 Å². The van der Waals surface area contributed by atoms with Crippen LogP contribution in [0.5, 0.6) is 11.5 Å². The second-order valence-electron chi connectivity index (χ2n) is 5.97. The first-order valence-corrected chi connectivity index (χ1v) is 8.05. The molecule has 0 radical (unpaired) electrons. The van der Waals surface area contributed by atoms with Crippen LogP contribution in [0.2, 0.25) is 0 Å². The summed E-state index contributed by atoms with van der Waals surface area (Å²) in [6.07, 6.45) is 0.671. The van der Waals surface area contributed by atoms with Crippen molar-refractivity contribution in [2.75, 3.05) is 20.2 Å². The predicted molar refractivity (Wildman–Crippen MR) is 89.3 cm³/mol. The summed E-state index contributed by atoms with van der Waals surface area (Å²) in [6, 6.07) is 9.39. The molecule has 0 aliphatic carbocycles. The summed E-state index contributed by atoms with van der Waals surface area (Å²) in [7, 11) is 2.00. The van der Waals surface area contributed by atoms with E-state index in [9.17, 15) is 4.79 Å². The molecule has 1 aliphatic rings. The van der Waals surface area contributed by atoms with E-state index in [-0.39, 0.29) is 11.9 Å². The average molecular weight is 330 g/mol. The van der Waals surface area contributed by atoms with Gasteiger partial charge in [-0.05, 0) is 25.2 Å². The number of hydrogen-bond acceptors (Lipinski definition) is 5. The topological polar surface area (TPSA) is 77.9 Å². The molecule has 0 spiro atoms. The fourth-order valence-electron chi connectivity index (χ4n) is 2.88. The van der Waals surface area contributed by atoms with Crippen LogP contribution in [0.4, 0.5) is 0 Å². The highest BCUT2D eigenvalue weighted by Gasteiger charge is 2.23. The minimum atomic E-state index is -0.542. The number of ether oxygens (including phenoxy) is 2. The van der Waals surface area contributed by atoms with Crippen LogP contribution >= 0.6 is 0 Å². The van der Waals surface area contributed by atoms with Crippen LogP contribution in [0.25, 0.3) is 0 Å². The molecule has 1 aromatic heterocycles. The number of nitrogens with two attached hydrogens (primary N) is 1. The Hall–Kier alpha value is -2.47. The number of carbonyl (C=O) groups is 1. The minimum Gasteiger partial charge on any atom is -0.486 e. The summed E-state index contributed by atoms with van der Waals surface area (Å²) in [6.45, 7) is 3.86. The third kappa shape index (κ3) is 3.54. The van der Waals surface area contributed by atoms with Crippen molar-refractivity contribution in [1.29, 1.82) is 0 Å². The van der Waals surface area contributed by atoms with E-state index in [1.165, 1.54) is 0 Å². The van der Waals surface area contributed by atoms with Gasteiger partial charge in [-0.1, -0.05) is 19.1 Å². The summed E-state index contributed by atoms with van der Waals surface area (Å²) in [5, 5.41) is 0. The summed E-state index contributed by atoms with van der Waals surface area (Å²) in [5.41, 5.74) is 6.27. The first kappa shape index (κ1) is 16.4. The number of primary amides is 1. The number of nitrogens with zero attached hydrogens (tertiary/aromatic N) is 1. The molecule has 2 aromatic rings. The molecular weight excluding hydrogens is 308 g/mol. The van der Waals surface area contributed by atoms with Crippen LogP contribution in [0, 0.1) is 0 Å². The van der Waals surface area contributed by atoms with E-state index < -0.39 is 5.91 Å². The molecule has 0 saturated carbocycles. The van der Waals surface area contributed by atoms with Crippen LogP contribution in [-0.2, 0) is 13.0 Å². The quantitative estimate of drug-likeness (QED) is 0.878. The zero-order chi connectivity index (χ0) is 17.1. The lowest BCUT2D eigenvalue weighted by molar-refractivity contribution is 0.0637. The standard InChI is InChI=1S/C18H22N2O4/c1-3-14-12(8-17(24-14)18(19)21)9-20(2)10-13-11-22-15-6-4-5-7-16(15)23-13/h4-8,13H,3,9-11H2,1-2H3,(H2,19,21)/t13-/m1/s1. The van der Waals surface area contributed by atoms with E-state index >= 15 is 0 Å². The Morgan fingerprint density at radius 2 is 2.08 bits per heavy atom. The third-order valence-electron chi connectivity index (χ3n) is 3.98. The highest BCUT2D eigenvalue weighted by Crippen LogP contribution is 2.31. The number of amides is 1. The number of para-hydroxylation sites is 2. The molecule has 0 fully saturated rings. The molecule has 0 bridgehead atoms. The van der Waals surface area contributed by atoms with E-state index in [1.807, 2.05) is 38.2 Å². The number of likely N-dealkylation sites (N-methyl/N-ethyl adjacent to an activating group) is 1. The van der Waals surface area contributed by atoms with Crippen molar-refractivity contribution in [3.8, 4) is 11.5 Å². The van der Waals surface area contributed by atoms with Crippen LogP contribution in [0.1, 0.15) is 28.8 Å². The Balaban J connectivity index is 1.62. The van der Waals surface area contributed by atoms with Gasteiger partial charge in [-0.2, -0.15) is 0 Å². The highest BCUT2D eigenvalue weighted by molar-refractivity contribution is 5.90. The van der Waals surface area contributed by atoms with Crippen molar-refractivity contribution in [2.24, 2.45) is 5.73 Å². The maximum Gasteiger partial charge on any atom is 0.284 e. The van der Waals surface area contributed by atoms with E-state index in [0.717, 1.165) is 22.8 Å². The van der Waals surface area contributed by atoms with E-state index in [4.69, 9.17) is 19.6 Å². The van der Waals surface area contributed by atoms with E-state index in [0.29, 0.717) is 26.1 Å². The van der Waals surface area contributed by atoms with E-state index in [1.54, 1.807) is 6.07 Å². The van der Waals surface area contributed by atoms with Gasteiger partial charge in [0, 0.05) is 25.1 Å². The fraction of sp³-hybridized carbons (Fsp3) is 0.389. The summed E-state index contributed by atoms with van der Waals surface area (Å²) >= 11 is 0. The predicted octanol–water partition coefficient (Wildman–Crippen LogP) is 2.21. The Morgan fingerprint density at radius 1 is 1.33 bits per heavy atom. The zero-order valence-electron chi connectivity index (χ0n) is 14.0. The van der Waals surface area contributed by atoms with E-state index in [2.05, 4.69) is 4.90 Å². The van der Waals surface area contributed by atoms with Gasteiger partial charge in [0.15, 0.2) is 17.3 Å². The SMILES string of the molecule is CCc1oc(C(N)=O)cc1CN(C)C[C@@H]1COc2ccccc2O1. The molecule has 0 unspecified atom stereocenters. The molecule has 1 atom stereocenters. The maximum absolute atomic E-state index is 11.3. The second-order valence-corrected chi connectivity index (χ2v) is 5.97. The lowest BCUT2D eigenvalue weighted by Crippen LogP contribution is -2.39. The summed E-state index contributed by atoms with van der Waals surface area (Å²) in [4.78, 5) is 13.4. The number of fused-ring (bicyclic) bond motifs is 1. The van der Waals surface area contributed by atoms with Crippen LogP contribution in [0.3, 0.4) is 0 Å². The van der Waals surface area contributed by atoms with Gasteiger partial charge in [0.1, 0.15) is 18.5 Å². The van der Waals surface area contributed by atoms with Crippen LogP contribution in [-0.4, -0.2) is 37.1 Å². The minimum absolute atomic E-state index is 0.0440. The number of furan rings is 1. The molecular formula is C18H22N2O4. The van der Waals surface area contributed by atoms with Crippen molar-refractivity contribution in [3.05, 3.63) is 47.4 Å². The van der Waals surface area contributed by atoms with Gasteiger partial charge in [-0.3, -0.25) is 9.69 Å². The molecule has 2 N–H and O–H groups in total. The zero-order valence-corrected chi connectivity index (χ0v) is 14.0. The lowest BCUT2D eigenvalue weighted by atomic mass is 10.2. The molecule has 128 valence electrons. The fourth-order valence-corrected chi connectivity index (χ4v) is 2.88. The Labute approximate surface area is 141 Å². The molecule has 3 rings (SSSR count). The monoisotopic (exact) mass is 330 g/mol. The number of benzene rings is 1. The lowest BCUT2D eigenvalue weighted by Gasteiger charge is -2.29. The maximum atomic E-state index is 11.3. The number of carbonyl (C=O) groups excluding carboxylic acids is 1. The van der Waals surface area contributed by atoms with Gasteiger partial charge >= 0.3 is 0 Å². The van der Waals surface area contributed by atoms with Gasteiger partial charge in [0.2, 0.25) is 0 Å². The normalized spacial score (nSPS) is 16.4. The van der Waals surface area contributed by atoms with Gasteiger partial charge in [0.05, 0.1) is 0 Å². The average Bonchev–Trinajstić information content (AvgIpc) is 2.97. The van der Waals surface area contributed by atoms with Gasteiger partial charge in [0.25, 0.3) is 5.91 Å². The summed E-state index contributed by atoms with van der Waals surface area (Å²) < 4.78 is 17.2. The van der Waals surface area contributed by atoms with Crippen LogP contribution < -0.4 is 15.2 Å². The number of aryl methyl sites for hydroxylation is 1. The highest BCUT2D eigenvalue weighted by atomic mass is 16.6. The Bertz CT molecular complexity index is 726. The number of hydrogen-bond donors (Lipinski definition) is 1. The molecule has 0 saturated heterocycles. The molecule has 6 nitrogen and oxygen atoms in total. The molecule has 1 amide bonds. The smallest absolute Gasteiger partial charge is 0.284 e. The number of rotatable bonds is 6. The Morgan fingerprint density at radius 3 is 2.79 bits per heavy atom. The molecule has 1 aliphatic heterocycles.